The minimum Gasteiger partial charge on any atom is -0.337 e. The topological polar surface area (TPSA) is 53.9 Å². The molecule has 4 atom stereocenters. The molecule has 1 aromatic rings. The van der Waals surface area contributed by atoms with E-state index in [2.05, 4.69) is 19.2 Å². The smallest absolute Gasteiger partial charge is 0.280 e. The molecule has 0 bridgehead atoms. The predicted octanol–water partition coefficient (Wildman–Crippen LogP) is 1.69. The van der Waals surface area contributed by atoms with Crippen LogP contribution in [0.5, 0.6) is 0 Å². The first kappa shape index (κ1) is 19.7. The zero-order chi connectivity index (χ0) is 18.6. The van der Waals surface area contributed by atoms with Gasteiger partial charge in [0.25, 0.3) is 11.8 Å². The van der Waals surface area contributed by atoms with Gasteiger partial charge in [-0.15, -0.1) is 0 Å². The Morgan fingerprint density at radius 3 is 2.36 bits per heavy atom. The SMILES string of the molecule is C[C@@H]1C[C@H](C)CN(C(=O)[C@@H](C)[NH+](C)CC(=O)Nc2ccc(Cl)cc2)C1. The third-order valence-electron chi connectivity index (χ3n) is 4.86. The molecule has 6 heteroatoms. The van der Waals surface area contributed by atoms with Gasteiger partial charge in [-0.1, -0.05) is 25.4 Å². The van der Waals surface area contributed by atoms with Gasteiger partial charge in [0.05, 0.1) is 7.05 Å². The number of nitrogens with zero attached hydrogens (tertiary/aromatic N) is 1. The molecule has 138 valence electrons. The fraction of sp³-hybridized carbons (Fsp3) is 0.579. The number of likely N-dealkylation sites (N-methyl/N-ethyl adjacent to an activating group) is 1. The van der Waals surface area contributed by atoms with Crippen LogP contribution in [0.15, 0.2) is 24.3 Å². The van der Waals surface area contributed by atoms with E-state index in [-0.39, 0.29) is 24.4 Å². The van der Waals surface area contributed by atoms with Crippen LogP contribution in [0.1, 0.15) is 27.2 Å². The fourth-order valence-corrected chi connectivity index (χ4v) is 3.60. The molecule has 1 aromatic carbocycles. The average molecular weight is 367 g/mol. The summed E-state index contributed by atoms with van der Waals surface area (Å²) >= 11 is 5.84. The number of carbonyl (C=O) groups is 2. The summed E-state index contributed by atoms with van der Waals surface area (Å²) in [6.45, 7) is 8.16. The zero-order valence-electron chi connectivity index (χ0n) is 15.5. The lowest BCUT2D eigenvalue weighted by Gasteiger charge is -2.36. The van der Waals surface area contributed by atoms with Gasteiger partial charge in [0.2, 0.25) is 0 Å². The molecule has 1 fully saturated rings. The van der Waals surface area contributed by atoms with Crippen LogP contribution in [-0.2, 0) is 9.59 Å². The Kier molecular flexibility index (Phi) is 6.85. The van der Waals surface area contributed by atoms with E-state index in [1.807, 2.05) is 18.9 Å². The van der Waals surface area contributed by atoms with Crippen molar-refractivity contribution in [3.05, 3.63) is 29.3 Å². The number of benzene rings is 1. The molecule has 0 saturated carbocycles. The van der Waals surface area contributed by atoms with Crippen molar-refractivity contribution in [2.45, 2.75) is 33.2 Å². The maximum Gasteiger partial charge on any atom is 0.280 e. The third-order valence-corrected chi connectivity index (χ3v) is 5.11. The minimum atomic E-state index is -0.242. The maximum atomic E-state index is 12.8. The van der Waals surface area contributed by atoms with E-state index >= 15 is 0 Å². The van der Waals surface area contributed by atoms with Crippen molar-refractivity contribution in [3.63, 3.8) is 0 Å². The van der Waals surface area contributed by atoms with Gasteiger partial charge >= 0.3 is 0 Å². The van der Waals surface area contributed by atoms with Gasteiger partial charge in [-0.2, -0.15) is 0 Å². The first-order valence-electron chi connectivity index (χ1n) is 8.92. The summed E-state index contributed by atoms with van der Waals surface area (Å²) in [6.07, 6.45) is 1.17. The lowest BCUT2D eigenvalue weighted by molar-refractivity contribution is -0.886. The van der Waals surface area contributed by atoms with Crippen LogP contribution < -0.4 is 10.2 Å². The molecule has 1 heterocycles. The van der Waals surface area contributed by atoms with E-state index in [1.54, 1.807) is 24.3 Å². The zero-order valence-corrected chi connectivity index (χ0v) is 16.3. The van der Waals surface area contributed by atoms with E-state index < -0.39 is 0 Å². The molecular weight excluding hydrogens is 338 g/mol. The van der Waals surface area contributed by atoms with Crippen LogP contribution in [0.2, 0.25) is 5.02 Å². The van der Waals surface area contributed by atoms with E-state index in [1.165, 1.54) is 6.42 Å². The number of likely N-dealkylation sites (tertiary alicyclic amines) is 1. The molecule has 25 heavy (non-hydrogen) atoms. The Labute approximate surface area is 155 Å². The second-order valence-corrected chi connectivity index (χ2v) is 7.93. The highest BCUT2D eigenvalue weighted by atomic mass is 35.5. The number of amides is 2. The van der Waals surface area contributed by atoms with Gasteiger partial charge in [-0.3, -0.25) is 9.59 Å². The molecule has 5 nitrogen and oxygen atoms in total. The fourth-order valence-electron chi connectivity index (χ4n) is 3.47. The van der Waals surface area contributed by atoms with Gasteiger partial charge in [-0.25, -0.2) is 0 Å². The van der Waals surface area contributed by atoms with Crippen molar-refractivity contribution in [2.75, 3.05) is 32.0 Å². The van der Waals surface area contributed by atoms with Crippen molar-refractivity contribution in [1.82, 2.24) is 4.90 Å². The van der Waals surface area contributed by atoms with Crippen LogP contribution >= 0.6 is 11.6 Å². The average Bonchev–Trinajstić information content (AvgIpc) is 2.54. The van der Waals surface area contributed by atoms with Crippen molar-refractivity contribution in [1.29, 1.82) is 0 Å². The Bertz CT molecular complexity index is 595. The highest BCUT2D eigenvalue weighted by Crippen LogP contribution is 2.21. The molecule has 0 aromatic heterocycles. The molecule has 0 radical (unpaired) electrons. The summed E-state index contributed by atoms with van der Waals surface area (Å²) in [6, 6.07) is 6.76. The lowest BCUT2D eigenvalue weighted by Crippen LogP contribution is -3.15. The summed E-state index contributed by atoms with van der Waals surface area (Å²) in [7, 11) is 1.89. The molecule has 2 amide bonds. The van der Waals surface area contributed by atoms with Gasteiger partial charge in [-0.05, 0) is 49.4 Å². The van der Waals surface area contributed by atoms with E-state index in [0.29, 0.717) is 22.5 Å². The molecule has 1 unspecified atom stereocenters. The number of quaternary nitrogens is 1. The number of hydrogen-bond donors (Lipinski definition) is 2. The van der Waals surface area contributed by atoms with Crippen molar-refractivity contribution < 1.29 is 14.5 Å². The van der Waals surface area contributed by atoms with Crippen LogP contribution in [0.25, 0.3) is 0 Å². The Balaban J connectivity index is 1.88. The normalized spacial score (nSPS) is 23.0. The monoisotopic (exact) mass is 366 g/mol. The minimum absolute atomic E-state index is 0.111. The maximum absolute atomic E-state index is 12.8. The number of nitrogens with one attached hydrogen (secondary N) is 2. The van der Waals surface area contributed by atoms with E-state index in [0.717, 1.165) is 18.0 Å². The molecule has 1 aliphatic heterocycles. The number of carbonyl (C=O) groups excluding carboxylic acids is 2. The molecule has 1 saturated heterocycles. The Morgan fingerprint density at radius 2 is 1.80 bits per heavy atom. The standard InChI is InChI=1S/C19H28ClN3O2/c1-13-9-14(2)11-23(10-13)19(25)15(3)22(4)12-18(24)21-17-7-5-16(20)6-8-17/h5-8,13-15H,9-12H2,1-4H3,(H,21,24)/p+1/t13-,14+,15-/m1/s1. The van der Waals surface area contributed by atoms with Gasteiger partial charge in [0.15, 0.2) is 12.6 Å². The molecular formula is C19H29ClN3O2+. The first-order valence-corrected chi connectivity index (χ1v) is 9.30. The number of anilines is 1. The van der Waals surface area contributed by atoms with E-state index in [9.17, 15) is 9.59 Å². The second-order valence-electron chi connectivity index (χ2n) is 7.49. The van der Waals surface area contributed by atoms with Crippen LogP contribution in [0, 0.1) is 11.8 Å². The Morgan fingerprint density at radius 1 is 1.24 bits per heavy atom. The number of halogens is 1. The van der Waals surface area contributed by atoms with Crippen LogP contribution in [-0.4, -0.2) is 49.4 Å². The Hall–Kier alpha value is -1.59. The van der Waals surface area contributed by atoms with E-state index in [4.69, 9.17) is 11.6 Å². The molecule has 0 aliphatic carbocycles. The molecule has 2 N–H and O–H groups in total. The van der Waals surface area contributed by atoms with Gasteiger partial charge in [0, 0.05) is 23.8 Å². The highest BCUT2D eigenvalue weighted by Gasteiger charge is 2.32. The predicted molar refractivity (Wildman–Crippen MR) is 101 cm³/mol. The first-order chi connectivity index (χ1) is 11.8. The summed E-state index contributed by atoms with van der Waals surface area (Å²) in [4.78, 5) is 27.8. The van der Waals surface area contributed by atoms with Crippen molar-refractivity contribution >= 4 is 29.1 Å². The highest BCUT2D eigenvalue weighted by molar-refractivity contribution is 6.30. The van der Waals surface area contributed by atoms with Gasteiger partial charge < -0.3 is 15.1 Å². The van der Waals surface area contributed by atoms with Crippen LogP contribution in [0.4, 0.5) is 5.69 Å². The molecule has 1 aliphatic rings. The molecule has 0 spiro atoms. The summed E-state index contributed by atoms with van der Waals surface area (Å²) in [5, 5.41) is 3.47. The number of piperidine rings is 1. The van der Waals surface area contributed by atoms with Crippen molar-refractivity contribution in [3.8, 4) is 0 Å². The number of rotatable bonds is 5. The largest absolute Gasteiger partial charge is 0.337 e. The van der Waals surface area contributed by atoms with Crippen molar-refractivity contribution in [2.24, 2.45) is 11.8 Å². The number of hydrogen-bond acceptors (Lipinski definition) is 2. The van der Waals surface area contributed by atoms with Crippen LogP contribution in [0.3, 0.4) is 0 Å². The summed E-state index contributed by atoms with van der Waals surface area (Å²) in [5.74, 6) is 1.09. The quantitative estimate of drug-likeness (QED) is 0.833. The van der Waals surface area contributed by atoms with Gasteiger partial charge in [0.1, 0.15) is 0 Å². The lowest BCUT2D eigenvalue weighted by atomic mass is 9.91. The third kappa shape index (κ3) is 5.72. The second kappa shape index (κ2) is 8.68. The molecule has 2 rings (SSSR count). The summed E-state index contributed by atoms with van der Waals surface area (Å²) in [5.41, 5.74) is 0.708. The summed E-state index contributed by atoms with van der Waals surface area (Å²) < 4.78 is 0.